The van der Waals surface area contributed by atoms with E-state index in [1.54, 1.807) is 23.3 Å². The fourth-order valence-corrected chi connectivity index (χ4v) is 3.76. The summed E-state index contributed by atoms with van der Waals surface area (Å²) in [5.41, 5.74) is 2.80. The van der Waals surface area contributed by atoms with Crippen LogP contribution in [-0.4, -0.2) is 34.6 Å². The molecule has 130 valence electrons. The van der Waals surface area contributed by atoms with Crippen LogP contribution in [0.5, 0.6) is 0 Å². The molecule has 3 rings (SSSR count). The highest BCUT2D eigenvalue weighted by Gasteiger charge is 2.26. The summed E-state index contributed by atoms with van der Waals surface area (Å²) < 4.78 is 10.9. The van der Waals surface area contributed by atoms with Crippen molar-refractivity contribution in [2.45, 2.75) is 52.2 Å². The van der Waals surface area contributed by atoms with E-state index < -0.39 is 0 Å². The predicted octanol–water partition coefficient (Wildman–Crippen LogP) is 3.38. The normalized spacial score (nSPS) is 15.1. The van der Waals surface area contributed by atoms with Crippen LogP contribution in [0, 0.1) is 0 Å². The second-order valence-corrected chi connectivity index (χ2v) is 6.97. The number of aryl methyl sites for hydroxylation is 1. The number of nitrogens with zero attached hydrogens (tertiary/aromatic N) is 3. The first-order chi connectivity index (χ1) is 11.6. The van der Waals surface area contributed by atoms with Crippen molar-refractivity contribution in [2.24, 2.45) is 0 Å². The third-order valence-electron chi connectivity index (χ3n) is 4.23. The third kappa shape index (κ3) is 3.52. The SMILES string of the molecule is CCOC(C)c1nc(CN(C)C(=O)c2onc3c2CCCC3)cs1. The van der Waals surface area contributed by atoms with Gasteiger partial charge in [0.15, 0.2) is 0 Å². The van der Waals surface area contributed by atoms with E-state index in [9.17, 15) is 4.79 Å². The maximum Gasteiger partial charge on any atom is 0.292 e. The maximum absolute atomic E-state index is 12.7. The molecular formula is C17H23N3O3S. The second-order valence-electron chi connectivity index (χ2n) is 6.08. The molecule has 0 fully saturated rings. The number of thiazole rings is 1. The van der Waals surface area contributed by atoms with Gasteiger partial charge in [-0.1, -0.05) is 5.16 Å². The molecule has 1 atom stereocenters. The van der Waals surface area contributed by atoms with Gasteiger partial charge >= 0.3 is 0 Å². The van der Waals surface area contributed by atoms with Crippen molar-refractivity contribution in [3.8, 4) is 0 Å². The Hall–Kier alpha value is -1.73. The van der Waals surface area contributed by atoms with Gasteiger partial charge in [0.1, 0.15) is 11.1 Å². The quantitative estimate of drug-likeness (QED) is 0.800. The smallest absolute Gasteiger partial charge is 0.292 e. The summed E-state index contributed by atoms with van der Waals surface area (Å²) in [5.74, 6) is 0.267. The maximum atomic E-state index is 12.7. The summed E-state index contributed by atoms with van der Waals surface area (Å²) in [4.78, 5) is 18.9. The van der Waals surface area contributed by atoms with Gasteiger partial charge in [0.05, 0.1) is 17.9 Å². The van der Waals surface area contributed by atoms with Crippen molar-refractivity contribution in [3.05, 3.63) is 33.1 Å². The number of carbonyl (C=O) groups is 1. The van der Waals surface area contributed by atoms with Crippen LogP contribution in [0.25, 0.3) is 0 Å². The zero-order chi connectivity index (χ0) is 17.1. The molecule has 0 bridgehead atoms. The minimum atomic E-state index is -0.127. The van der Waals surface area contributed by atoms with E-state index in [0.717, 1.165) is 47.6 Å². The molecule has 0 radical (unpaired) electrons. The standard InChI is InChI=1S/C17H23N3O3S/c1-4-22-11(2)16-18-12(10-24-16)9-20(3)17(21)15-13-7-5-6-8-14(13)19-23-15/h10-11H,4-9H2,1-3H3. The van der Waals surface area contributed by atoms with Crippen molar-refractivity contribution in [1.82, 2.24) is 15.0 Å². The van der Waals surface area contributed by atoms with Gasteiger partial charge in [-0.05, 0) is 39.5 Å². The molecule has 0 saturated heterocycles. The Morgan fingerprint density at radius 1 is 1.46 bits per heavy atom. The first-order valence-electron chi connectivity index (χ1n) is 8.39. The number of carbonyl (C=O) groups excluding carboxylic acids is 1. The molecule has 1 unspecified atom stereocenters. The van der Waals surface area contributed by atoms with E-state index in [4.69, 9.17) is 9.26 Å². The molecule has 2 aromatic heterocycles. The lowest BCUT2D eigenvalue weighted by Gasteiger charge is -2.16. The van der Waals surface area contributed by atoms with E-state index in [1.807, 2.05) is 19.2 Å². The summed E-state index contributed by atoms with van der Waals surface area (Å²) >= 11 is 1.56. The van der Waals surface area contributed by atoms with Crippen molar-refractivity contribution >= 4 is 17.2 Å². The summed E-state index contributed by atoms with van der Waals surface area (Å²) in [7, 11) is 1.77. The van der Waals surface area contributed by atoms with Crippen LogP contribution in [0.3, 0.4) is 0 Å². The average molecular weight is 349 g/mol. The number of hydrogen-bond donors (Lipinski definition) is 0. The molecule has 0 spiro atoms. The fourth-order valence-electron chi connectivity index (χ4n) is 2.95. The minimum Gasteiger partial charge on any atom is -0.372 e. The topological polar surface area (TPSA) is 68.5 Å². The number of aromatic nitrogens is 2. The van der Waals surface area contributed by atoms with Crippen molar-refractivity contribution in [3.63, 3.8) is 0 Å². The van der Waals surface area contributed by atoms with Gasteiger partial charge in [-0.25, -0.2) is 4.98 Å². The van der Waals surface area contributed by atoms with Crippen LogP contribution in [0.15, 0.2) is 9.90 Å². The minimum absolute atomic E-state index is 0.0175. The molecule has 1 amide bonds. The van der Waals surface area contributed by atoms with Gasteiger partial charge in [-0.2, -0.15) is 0 Å². The lowest BCUT2D eigenvalue weighted by Crippen LogP contribution is -2.27. The van der Waals surface area contributed by atoms with Crippen LogP contribution in [0.4, 0.5) is 0 Å². The Balaban J connectivity index is 1.67. The van der Waals surface area contributed by atoms with Crippen LogP contribution in [0.1, 0.15) is 65.3 Å². The Morgan fingerprint density at radius 3 is 3.04 bits per heavy atom. The zero-order valence-corrected chi connectivity index (χ0v) is 15.2. The van der Waals surface area contributed by atoms with Gasteiger partial charge in [-0.3, -0.25) is 4.79 Å². The molecule has 0 aliphatic heterocycles. The molecule has 24 heavy (non-hydrogen) atoms. The molecule has 1 aliphatic rings. The molecule has 2 heterocycles. The zero-order valence-electron chi connectivity index (χ0n) is 14.4. The van der Waals surface area contributed by atoms with Gasteiger partial charge in [0.2, 0.25) is 5.76 Å². The molecule has 0 N–H and O–H groups in total. The van der Waals surface area contributed by atoms with E-state index >= 15 is 0 Å². The Labute approximate surface area is 145 Å². The Bertz CT molecular complexity index is 710. The van der Waals surface area contributed by atoms with Crippen LogP contribution >= 0.6 is 11.3 Å². The fraction of sp³-hybridized carbons (Fsp3) is 0.588. The van der Waals surface area contributed by atoms with Crippen LogP contribution < -0.4 is 0 Å². The summed E-state index contributed by atoms with van der Waals surface area (Å²) in [6, 6.07) is 0. The number of rotatable bonds is 6. The first kappa shape index (κ1) is 17.1. The highest BCUT2D eigenvalue weighted by Crippen LogP contribution is 2.26. The van der Waals surface area contributed by atoms with Crippen molar-refractivity contribution in [2.75, 3.05) is 13.7 Å². The summed E-state index contributed by atoms with van der Waals surface area (Å²) in [6.45, 7) is 5.06. The Kier molecular flexibility index (Phi) is 5.30. The van der Waals surface area contributed by atoms with Crippen molar-refractivity contribution in [1.29, 1.82) is 0 Å². The van der Waals surface area contributed by atoms with Crippen LogP contribution in [0.2, 0.25) is 0 Å². The van der Waals surface area contributed by atoms with Gasteiger partial charge in [-0.15, -0.1) is 11.3 Å². The van der Waals surface area contributed by atoms with Gasteiger partial charge in [0.25, 0.3) is 5.91 Å². The molecule has 0 aromatic carbocycles. The second kappa shape index (κ2) is 7.44. The molecule has 1 aliphatic carbocycles. The molecule has 0 saturated carbocycles. The van der Waals surface area contributed by atoms with E-state index in [1.165, 1.54) is 0 Å². The lowest BCUT2D eigenvalue weighted by atomic mass is 9.96. The van der Waals surface area contributed by atoms with E-state index in [-0.39, 0.29) is 12.0 Å². The van der Waals surface area contributed by atoms with E-state index in [0.29, 0.717) is 18.9 Å². The van der Waals surface area contributed by atoms with Gasteiger partial charge in [0, 0.05) is 24.6 Å². The third-order valence-corrected chi connectivity index (χ3v) is 5.29. The van der Waals surface area contributed by atoms with Gasteiger partial charge < -0.3 is 14.2 Å². The lowest BCUT2D eigenvalue weighted by molar-refractivity contribution is 0.0735. The highest BCUT2D eigenvalue weighted by molar-refractivity contribution is 7.09. The molecular weight excluding hydrogens is 326 g/mol. The summed E-state index contributed by atoms with van der Waals surface area (Å²) in [5, 5.41) is 6.97. The van der Waals surface area contributed by atoms with Crippen molar-refractivity contribution < 1.29 is 14.1 Å². The number of hydrogen-bond acceptors (Lipinski definition) is 6. The monoisotopic (exact) mass is 349 g/mol. The molecule has 2 aromatic rings. The summed E-state index contributed by atoms with van der Waals surface area (Å²) in [6.07, 6.45) is 3.96. The van der Waals surface area contributed by atoms with Crippen LogP contribution in [-0.2, 0) is 24.1 Å². The van der Waals surface area contributed by atoms with E-state index in [2.05, 4.69) is 10.1 Å². The average Bonchev–Trinajstić information content (AvgIpc) is 3.21. The first-order valence-corrected chi connectivity index (χ1v) is 9.27. The number of fused-ring (bicyclic) bond motifs is 1. The molecule has 6 nitrogen and oxygen atoms in total. The largest absolute Gasteiger partial charge is 0.372 e. The molecule has 7 heteroatoms. The Morgan fingerprint density at radius 2 is 2.25 bits per heavy atom. The number of ether oxygens (including phenoxy) is 1. The number of amides is 1. The predicted molar refractivity (Wildman–Crippen MR) is 91.1 cm³/mol. The highest BCUT2D eigenvalue weighted by atomic mass is 32.1.